The first-order chi connectivity index (χ1) is 10.2. The summed E-state index contributed by atoms with van der Waals surface area (Å²) in [5.41, 5.74) is 10.6. The first-order valence-corrected chi connectivity index (χ1v) is 6.69. The predicted molar refractivity (Wildman–Crippen MR) is 81.3 cm³/mol. The lowest BCUT2D eigenvalue weighted by atomic mass is 10.1. The van der Waals surface area contributed by atoms with Crippen LogP contribution in [0.3, 0.4) is 0 Å². The van der Waals surface area contributed by atoms with E-state index in [9.17, 15) is 13.6 Å². The number of benzene rings is 2. The molecule has 4 nitrogen and oxygen atoms in total. The Labute approximate surface area is 134 Å². The van der Waals surface area contributed by atoms with E-state index >= 15 is 0 Å². The lowest BCUT2D eigenvalue weighted by molar-refractivity contribution is 0.0723. The van der Waals surface area contributed by atoms with Gasteiger partial charge in [-0.25, -0.2) is 13.6 Å². The molecule has 116 valence electrons. The van der Waals surface area contributed by atoms with Crippen LogP contribution in [0.15, 0.2) is 18.2 Å². The maximum absolute atomic E-state index is 14.0. The molecule has 0 aliphatic rings. The summed E-state index contributed by atoms with van der Waals surface area (Å²) in [5, 5.41) is -0.626. The molecule has 0 heterocycles. The molecule has 22 heavy (non-hydrogen) atoms. The molecule has 0 spiro atoms. The smallest absolute Gasteiger partial charge is 0.348 e. The first-order valence-electron chi connectivity index (χ1n) is 5.93. The van der Waals surface area contributed by atoms with Gasteiger partial charge in [-0.15, -0.1) is 0 Å². The van der Waals surface area contributed by atoms with Gasteiger partial charge in [0.1, 0.15) is 16.4 Å². The van der Waals surface area contributed by atoms with Crippen molar-refractivity contribution in [1.82, 2.24) is 0 Å². The summed E-state index contributed by atoms with van der Waals surface area (Å²) in [5.74, 6) is -3.67. The fourth-order valence-corrected chi connectivity index (χ4v) is 2.16. The number of nitrogen functional groups attached to an aromatic ring is 2. The molecule has 2 aromatic rings. The van der Waals surface area contributed by atoms with Gasteiger partial charge in [0.05, 0.1) is 16.4 Å². The van der Waals surface area contributed by atoms with Crippen LogP contribution < -0.4 is 16.2 Å². The van der Waals surface area contributed by atoms with E-state index in [1.54, 1.807) is 0 Å². The number of carbonyl (C=O) groups excluding carboxylic acids is 1. The molecule has 0 aliphatic carbocycles. The molecule has 0 aromatic heterocycles. The van der Waals surface area contributed by atoms with Gasteiger partial charge in [-0.3, -0.25) is 0 Å². The van der Waals surface area contributed by atoms with E-state index in [1.807, 2.05) is 0 Å². The van der Waals surface area contributed by atoms with E-state index < -0.39 is 28.9 Å². The number of hydrogen-bond acceptors (Lipinski definition) is 4. The summed E-state index contributed by atoms with van der Waals surface area (Å²) in [4.78, 5) is 12.1. The lowest BCUT2D eigenvalue weighted by Gasteiger charge is -2.12. The third-order valence-electron chi connectivity index (χ3n) is 2.89. The molecule has 0 radical (unpaired) electrons. The molecule has 0 bridgehead atoms. The summed E-state index contributed by atoms with van der Waals surface area (Å²) >= 11 is 11.6. The Morgan fingerprint density at radius 3 is 2.41 bits per heavy atom. The van der Waals surface area contributed by atoms with Crippen molar-refractivity contribution in [3.05, 3.63) is 51.0 Å². The number of esters is 1. The van der Waals surface area contributed by atoms with Gasteiger partial charge in [-0.1, -0.05) is 23.2 Å². The third-order valence-corrected chi connectivity index (χ3v) is 3.69. The van der Waals surface area contributed by atoms with Gasteiger partial charge in [-0.05, 0) is 30.7 Å². The largest absolute Gasteiger partial charge is 0.418 e. The van der Waals surface area contributed by atoms with Gasteiger partial charge in [0, 0.05) is 0 Å². The van der Waals surface area contributed by atoms with Gasteiger partial charge in [0.15, 0.2) is 11.6 Å². The highest BCUT2D eigenvalue weighted by molar-refractivity contribution is 6.36. The summed E-state index contributed by atoms with van der Waals surface area (Å²) < 4.78 is 32.6. The van der Waals surface area contributed by atoms with Crippen molar-refractivity contribution in [3.63, 3.8) is 0 Å². The molecule has 0 fully saturated rings. The van der Waals surface area contributed by atoms with Crippen molar-refractivity contribution in [1.29, 1.82) is 0 Å². The molecule has 2 rings (SSSR count). The maximum atomic E-state index is 14.0. The summed E-state index contributed by atoms with van der Waals surface area (Å²) in [6.45, 7) is 1.41. The van der Waals surface area contributed by atoms with Crippen LogP contribution in [0.1, 0.15) is 15.9 Å². The van der Waals surface area contributed by atoms with Crippen molar-refractivity contribution in [3.8, 4) is 5.75 Å². The van der Waals surface area contributed by atoms with Crippen molar-refractivity contribution in [2.75, 3.05) is 11.5 Å². The number of hydrogen-bond donors (Lipinski definition) is 2. The Kier molecular flexibility index (Phi) is 4.44. The normalized spacial score (nSPS) is 10.6. The molecule has 4 N–H and O–H groups in total. The molecule has 0 saturated heterocycles. The third kappa shape index (κ3) is 2.80. The van der Waals surface area contributed by atoms with Crippen LogP contribution in [0.5, 0.6) is 5.75 Å². The minimum atomic E-state index is -1.24. The monoisotopic (exact) mass is 346 g/mol. The van der Waals surface area contributed by atoms with Crippen LogP contribution in [-0.2, 0) is 0 Å². The first kappa shape index (κ1) is 16.3. The number of anilines is 2. The Balaban J connectivity index is 2.50. The standard InChI is InChI=1S/C14H10Cl2F2N2O2/c1-5-4-8(20)11(16)13(12(5)18)22-14(21)9-6(17)2-3-7(19)10(9)15/h2-4H,19-20H2,1H3. The van der Waals surface area contributed by atoms with Gasteiger partial charge < -0.3 is 16.2 Å². The van der Waals surface area contributed by atoms with Gasteiger partial charge in [0.25, 0.3) is 0 Å². The summed E-state index contributed by atoms with van der Waals surface area (Å²) in [6, 6.07) is 3.41. The van der Waals surface area contributed by atoms with Crippen molar-refractivity contribution in [2.45, 2.75) is 6.92 Å². The zero-order valence-corrected chi connectivity index (χ0v) is 12.7. The molecular formula is C14H10Cl2F2N2O2. The SMILES string of the molecule is Cc1cc(N)c(Cl)c(OC(=O)c2c(F)ccc(N)c2Cl)c1F. The van der Waals surface area contributed by atoms with Gasteiger partial charge in [0.2, 0.25) is 0 Å². The molecule has 0 amide bonds. The predicted octanol–water partition coefficient (Wildman–Crippen LogP) is 3.96. The number of halogens is 4. The minimum Gasteiger partial charge on any atom is -0.418 e. The summed E-state index contributed by atoms with van der Waals surface area (Å²) in [6.07, 6.45) is 0. The van der Waals surface area contributed by atoms with E-state index in [4.69, 9.17) is 39.4 Å². The van der Waals surface area contributed by atoms with Crippen LogP contribution in [0.2, 0.25) is 10.0 Å². The zero-order chi connectivity index (χ0) is 16.6. The molecule has 8 heteroatoms. The topological polar surface area (TPSA) is 78.3 Å². The average Bonchev–Trinajstić information content (AvgIpc) is 2.46. The van der Waals surface area contributed by atoms with Crippen molar-refractivity contribution in [2.24, 2.45) is 0 Å². The second-order valence-corrected chi connectivity index (χ2v) is 5.21. The number of carbonyl (C=O) groups is 1. The van der Waals surface area contributed by atoms with Crippen LogP contribution >= 0.6 is 23.2 Å². The second kappa shape index (κ2) is 5.98. The fourth-order valence-electron chi connectivity index (χ4n) is 1.76. The number of rotatable bonds is 2. The highest BCUT2D eigenvalue weighted by Gasteiger charge is 2.24. The quantitative estimate of drug-likeness (QED) is 0.490. The zero-order valence-electron chi connectivity index (χ0n) is 11.2. The van der Waals surface area contributed by atoms with Crippen molar-refractivity contribution < 1.29 is 18.3 Å². The van der Waals surface area contributed by atoms with E-state index in [1.165, 1.54) is 19.1 Å². The van der Waals surface area contributed by atoms with Gasteiger partial charge in [-0.2, -0.15) is 0 Å². The molecule has 0 aliphatic heterocycles. The Morgan fingerprint density at radius 2 is 1.77 bits per heavy atom. The molecule has 0 atom stereocenters. The van der Waals surface area contributed by atoms with E-state index in [0.29, 0.717) is 0 Å². The fraction of sp³-hybridized carbons (Fsp3) is 0.0714. The van der Waals surface area contributed by atoms with E-state index in [-0.39, 0.29) is 27.0 Å². The minimum absolute atomic E-state index is 0.0162. The summed E-state index contributed by atoms with van der Waals surface area (Å²) in [7, 11) is 0. The van der Waals surface area contributed by atoms with E-state index in [2.05, 4.69) is 0 Å². The Morgan fingerprint density at radius 1 is 1.14 bits per heavy atom. The molecule has 0 unspecified atom stereocenters. The number of nitrogens with two attached hydrogens (primary N) is 2. The van der Waals surface area contributed by atoms with Crippen LogP contribution in [-0.4, -0.2) is 5.97 Å². The van der Waals surface area contributed by atoms with Gasteiger partial charge >= 0.3 is 5.97 Å². The highest BCUT2D eigenvalue weighted by atomic mass is 35.5. The number of aryl methyl sites for hydroxylation is 1. The second-order valence-electron chi connectivity index (χ2n) is 4.45. The van der Waals surface area contributed by atoms with Crippen LogP contribution in [0, 0.1) is 18.6 Å². The van der Waals surface area contributed by atoms with Crippen molar-refractivity contribution >= 4 is 40.5 Å². The highest BCUT2D eigenvalue weighted by Crippen LogP contribution is 2.36. The Hall–Kier alpha value is -2.05. The Bertz CT molecular complexity index is 756. The number of ether oxygens (including phenoxy) is 1. The van der Waals surface area contributed by atoms with E-state index in [0.717, 1.165) is 6.07 Å². The molecule has 2 aromatic carbocycles. The molecular weight excluding hydrogens is 337 g/mol. The average molecular weight is 347 g/mol. The molecule has 0 saturated carbocycles. The van der Waals surface area contributed by atoms with Crippen LogP contribution in [0.4, 0.5) is 20.2 Å². The lowest BCUT2D eigenvalue weighted by Crippen LogP contribution is -2.14. The van der Waals surface area contributed by atoms with Crippen LogP contribution in [0.25, 0.3) is 0 Å². The maximum Gasteiger partial charge on any atom is 0.348 e.